The van der Waals surface area contributed by atoms with Gasteiger partial charge in [-0.3, -0.25) is 0 Å². The summed E-state index contributed by atoms with van der Waals surface area (Å²) in [7, 11) is 6.98. The molecule has 1 aromatic rings. The van der Waals surface area contributed by atoms with Gasteiger partial charge in [-0.1, -0.05) is 0 Å². The molecule has 3 heteroatoms. The molecule has 0 aromatic heterocycles. The number of halogens is 1. The van der Waals surface area contributed by atoms with Gasteiger partial charge in [-0.15, -0.1) is 0 Å². The Bertz CT molecular complexity index is 500. The Morgan fingerprint density at radius 1 is 0.778 bits per heavy atom. The van der Waals surface area contributed by atoms with Gasteiger partial charge in [0.1, 0.15) is 0 Å². The summed E-state index contributed by atoms with van der Waals surface area (Å²) in [5, 5.41) is 0. The summed E-state index contributed by atoms with van der Waals surface area (Å²) in [5.41, 5.74) is 4.76. The van der Waals surface area contributed by atoms with Crippen molar-refractivity contribution in [2.24, 2.45) is 0 Å². The zero-order valence-corrected chi connectivity index (χ0v) is 24.3. The van der Waals surface area contributed by atoms with E-state index in [0.29, 0.717) is 0 Å². The molecule has 0 unspecified atom stereocenters. The van der Waals surface area contributed by atoms with E-state index in [2.05, 4.69) is 67.0 Å². The largest absolute Gasteiger partial charge is 1.00 e. The van der Waals surface area contributed by atoms with E-state index in [1.54, 1.807) is 24.4 Å². The van der Waals surface area contributed by atoms with Gasteiger partial charge in [-0.05, 0) is 0 Å². The molecule has 0 saturated heterocycles. The van der Waals surface area contributed by atoms with Crippen LogP contribution in [0.25, 0.3) is 0 Å². The van der Waals surface area contributed by atoms with Crippen molar-refractivity contribution >= 4 is 18.4 Å². The van der Waals surface area contributed by atoms with Crippen LogP contribution in [0.3, 0.4) is 0 Å². The summed E-state index contributed by atoms with van der Waals surface area (Å²) < 4.78 is 7.36. The molecule has 0 spiro atoms. The quantitative estimate of drug-likeness (QED) is 0.183. The van der Waals surface area contributed by atoms with Crippen LogP contribution in [0.1, 0.15) is 76.0 Å². The van der Waals surface area contributed by atoms with E-state index < -0.39 is 18.4 Å². The van der Waals surface area contributed by atoms with Gasteiger partial charge in [0.05, 0.1) is 0 Å². The molecule has 0 atom stereocenters. The molecular formula is C24H46INSn. The Labute approximate surface area is 192 Å². The second-order valence-electron chi connectivity index (χ2n) is 9.71. The first kappa shape index (κ1) is 27.7. The summed E-state index contributed by atoms with van der Waals surface area (Å²) >= 11 is -2.12. The Kier molecular flexibility index (Phi) is 14.2. The van der Waals surface area contributed by atoms with E-state index in [9.17, 15) is 0 Å². The molecule has 0 amide bonds. The smallest absolute Gasteiger partial charge is 1.00 e. The predicted octanol–water partition coefficient (Wildman–Crippen LogP) is 4.14. The van der Waals surface area contributed by atoms with Crippen molar-refractivity contribution in [2.45, 2.75) is 90.5 Å². The van der Waals surface area contributed by atoms with E-state index in [0.717, 1.165) is 11.0 Å². The molecule has 0 aliphatic carbocycles. The fourth-order valence-corrected chi connectivity index (χ4v) is 20.7. The van der Waals surface area contributed by atoms with E-state index in [-0.39, 0.29) is 24.0 Å². The third-order valence-electron chi connectivity index (χ3n) is 5.75. The normalized spacial score (nSPS) is 12.1. The molecule has 0 aliphatic rings. The summed E-state index contributed by atoms with van der Waals surface area (Å²) in [6.45, 7) is 10.6. The molecule has 0 fully saturated rings. The van der Waals surface area contributed by atoms with Crippen LogP contribution in [0.5, 0.6) is 0 Å². The number of aryl methyl sites for hydroxylation is 1. The van der Waals surface area contributed by atoms with Crippen LogP contribution in [-0.4, -0.2) is 44.0 Å². The maximum Gasteiger partial charge on any atom is -1.00 e. The molecule has 27 heavy (non-hydrogen) atoms. The van der Waals surface area contributed by atoms with Crippen molar-refractivity contribution < 1.29 is 28.5 Å². The van der Waals surface area contributed by atoms with Crippen molar-refractivity contribution in [1.82, 2.24) is 0 Å². The molecule has 1 aromatic carbocycles. The number of benzene rings is 1. The number of unbranched alkanes of at least 4 members (excludes halogenated alkanes) is 3. The van der Waals surface area contributed by atoms with Gasteiger partial charge in [-0.2, -0.15) is 0 Å². The van der Waals surface area contributed by atoms with Crippen LogP contribution >= 0.6 is 0 Å². The van der Waals surface area contributed by atoms with Crippen molar-refractivity contribution in [3.8, 4) is 0 Å². The van der Waals surface area contributed by atoms with Gasteiger partial charge in [0.15, 0.2) is 0 Å². The monoisotopic (exact) mass is 595 g/mol. The molecule has 0 saturated carbocycles. The number of hydrogen-bond acceptors (Lipinski definition) is 0. The van der Waals surface area contributed by atoms with E-state index in [1.807, 2.05) is 0 Å². The van der Waals surface area contributed by atoms with Crippen LogP contribution in [0.4, 0.5) is 0 Å². The molecule has 1 nitrogen and oxygen atoms in total. The van der Waals surface area contributed by atoms with Crippen LogP contribution in [0.15, 0.2) is 18.2 Å². The summed E-state index contributed by atoms with van der Waals surface area (Å²) in [4.78, 5) is 0. The minimum absolute atomic E-state index is 0. The van der Waals surface area contributed by atoms with Gasteiger partial charge in [0, 0.05) is 0 Å². The average molecular weight is 594 g/mol. The Balaban J connectivity index is 0.00000676. The predicted molar refractivity (Wildman–Crippen MR) is 122 cm³/mol. The summed E-state index contributed by atoms with van der Waals surface area (Å²) in [5.74, 6) is 0. The number of quaternary nitrogens is 1. The van der Waals surface area contributed by atoms with Crippen molar-refractivity contribution in [3.05, 3.63) is 34.9 Å². The van der Waals surface area contributed by atoms with E-state index in [4.69, 9.17) is 0 Å². The maximum absolute atomic E-state index is 2.50. The molecule has 158 valence electrons. The fraction of sp³-hybridized carbons (Fsp3) is 0.750. The number of nitrogens with zero attached hydrogens (tertiary/aromatic N) is 1. The van der Waals surface area contributed by atoms with Gasteiger partial charge in [-0.25, -0.2) is 0 Å². The fourth-order valence-electron chi connectivity index (χ4n) is 4.28. The summed E-state index contributed by atoms with van der Waals surface area (Å²) in [6, 6.07) is 7.34. The van der Waals surface area contributed by atoms with Crippen molar-refractivity contribution in [1.29, 1.82) is 0 Å². The number of rotatable bonds is 13. The Morgan fingerprint density at radius 2 is 1.26 bits per heavy atom. The van der Waals surface area contributed by atoms with Gasteiger partial charge < -0.3 is 24.0 Å². The molecular weight excluding hydrogens is 548 g/mol. The zero-order chi connectivity index (χ0) is 19.6. The van der Waals surface area contributed by atoms with Gasteiger partial charge in [0.2, 0.25) is 0 Å². The first-order valence-electron chi connectivity index (χ1n) is 11.1. The average Bonchev–Trinajstić information content (AvgIpc) is 2.57. The van der Waals surface area contributed by atoms with E-state index >= 15 is 0 Å². The van der Waals surface area contributed by atoms with Gasteiger partial charge in [0.25, 0.3) is 0 Å². The van der Waals surface area contributed by atoms with Crippen LogP contribution in [0.2, 0.25) is 13.3 Å². The molecule has 0 N–H and O–H groups in total. The van der Waals surface area contributed by atoms with Crippen molar-refractivity contribution in [2.75, 3.05) is 21.1 Å². The minimum atomic E-state index is -2.12. The Hall–Kier alpha value is 0.709. The third kappa shape index (κ3) is 10.9. The topological polar surface area (TPSA) is 0 Å². The summed E-state index contributed by atoms with van der Waals surface area (Å²) in [6.07, 6.45) is 8.53. The third-order valence-corrected chi connectivity index (χ3v) is 21.1. The van der Waals surface area contributed by atoms with Crippen LogP contribution < -0.4 is 24.0 Å². The van der Waals surface area contributed by atoms with Crippen LogP contribution in [0, 0.1) is 6.92 Å². The second kappa shape index (κ2) is 13.8. The first-order valence-corrected chi connectivity index (χ1v) is 19.2. The number of hydrogen-bond donors (Lipinski definition) is 0. The zero-order valence-electron chi connectivity index (χ0n) is 19.3. The minimum Gasteiger partial charge on any atom is -1.00 e. The molecule has 0 heterocycles. The molecule has 0 bridgehead atoms. The molecule has 0 aliphatic heterocycles. The SMILES string of the molecule is CCC[CH2][Sn]([CH2]CCC)([CH2]CCC)[CH2]c1ccc(C)cc1C[N+](C)(C)C.[I-]. The second-order valence-corrected chi connectivity index (χ2v) is 23.6. The molecule has 1 rings (SSSR count). The van der Waals surface area contributed by atoms with E-state index in [1.165, 1.54) is 48.5 Å². The van der Waals surface area contributed by atoms with Crippen molar-refractivity contribution in [3.63, 3.8) is 0 Å². The first-order chi connectivity index (χ1) is 12.2. The maximum atomic E-state index is 2.50. The van der Waals surface area contributed by atoms with Gasteiger partial charge >= 0.3 is 169 Å². The standard InChI is InChI=1S/C12H19N.3C4H9.HI.Sn/c1-10-6-7-11(2)12(8-10)9-13(3,4)5;3*1-3-4-2;;/h6-8H,2,9H2,1,3-5H3;3*1,3-4H2,2H3;1H;/q+1;;;;;/p-1. The van der Waals surface area contributed by atoms with Crippen LogP contribution in [-0.2, 0) is 11.0 Å². The Morgan fingerprint density at radius 3 is 1.67 bits per heavy atom. The molecule has 0 radical (unpaired) electrons.